The molecular formula is C64H41NO2. The second-order valence-electron chi connectivity index (χ2n) is 19.1. The molecule has 12 aromatic rings. The highest BCUT2D eigenvalue weighted by Crippen LogP contribution is 2.63. The summed E-state index contributed by atoms with van der Waals surface area (Å²) in [5.41, 5.74) is 23.5. The summed E-state index contributed by atoms with van der Waals surface area (Å²) < 4.78 is 13.4. The van der Waals surface area contributed by atoms with E-state index in [0.717, 1.165) is 60.9 Å². The zero-order valence-corrected chi connectivity index (χ0v) is 37.0. The molecule has 314 valence electrons. The van der Waals surface area contributed by atoms with Crippen LogP contribution < -0.4 is 4.90 Å². The first-order valence-corrected chi connectivity index (χ1v) is 23.3. The van der Waals surface area contributed by atoms with Crippen LogP contribution in [0.5, 0.6) is 0 Å². The fraction of sp³-hybridized carbons (Fsp3) is 0.0625. The SMILES string of the molecule is CC1(C)c2ccccc2-c2ccc(N(c3ccc4c(c3)C3(c5ccccc5-c5ccccc5-4)c4ccccc4-c4cc5c(cc43)oc3ccccc35)c3ccc4c(c3)oc3ccccc34)cc21. The highest BCUT2D eigenvalue weighted by atomic mass is 16.3. The molecule has 1 atom stereocenters. The quantitative estimate of drug-likeness (QED) is 0.177. The van der Waals surface area contributed by atoms with Gasteiger partial charge in [0.15, 0.2) is 0 Å². The summed E-state index contributed by atoms with van der Waals surface area (Å²) >= 11 is 0. The van der Waals surface area contributed by atoms with Crippen LogP contribution in [0.4, 0.5) is 17.1 Å². The van der Waals surface area contributed by atoms with Crippen LogP contribution in [0, 0.1) is 0 Å². The Bertz CT molecular complexity index is 4110. The number of benzene rings is 10. The van der Waals surface area contributed by atoms with Gasteiger partial charge in [-0.25, -0.2) is 0 Å². The third-order valence-corrected chi connectivity index (χ3v) is 15.5. The summed E-state index contributed by atoms with van der Waals surface area (Å²) in [6.07, 6.45) is 0. The first-order chi connectivity index (χ1) is 33.0. The molecule has 3 heteroatoms. The van der Waals surface area contributed by atoms with Crippen LogP contribution >= 0.6 is 0 Å². The van der Waals surface area contributed by atoms with Gasteiger partial charge in [-0.3, -0.25) is 0 Å². The lowest BCUT2D eigenvalue weighted by Crippen LogP contribution is -2.29. The average Bonchev–Trinajstić information content (AvgIpc) is 4.06. The van der Waals surface area contributed by atoms with Crippen molar-refractivity contribution in [3.8, 4) is 44.5 Å². The van der Waals surface area contributed by atoms with Crippen molar-refractivity contribution >= 4 is 60.9 Å². The molecule has 0 amide bonds. The summed E-state index contributed by atoms with van der Waals surface area (Å²) in [6, 6.07) is 78.6. The van der Waals surface area contributed by atoms with Crippen molar-refractivity contribution in [1.82, 2.24) is 0 Å². The molecule has 0 bridgehead atoms. The second kappa shape index (κ2) is 13.1. The molecule has 0 N–H and O–H groups in total. The molecule has 67 heavy (non-hydrogen) atoms. The minimum Gasteiger partial charge on any atom is -0.456 e. The molecule has 0 aliphatic heterocycles. The fourth-order valence-corrected chi connectivity index (χ4v) is 12.6. The van der Waals surface area contributed by atoms with Crippen LogP contribution in [0.2, 0.25) is 0 Å². The molecule has 1 spiro atoms. The van der Waals surface area contributed by atoms with E-state index in [9.17, 15) is 0 Å². The van der Waals surface area contributed by atoms with Gasteiger partial charge in [-0.2, -0.15) is 0 Å². The number of rotatable bonds is 3. The summed E-state index contributed by atoms with van der Waals surface area (Å²) in [4.78, 5) is 2.45. The Hall–Kier alpha value is -8.40. The standard InChI is InChI=1S/C64H41NO2/c1-63(2)53-22-10-5-18-44(53)47-31-28-38(33-56(47)63)65(40-29-32-50-48-20-8-13-25-59(48)66-61(50)35-40)39-27-30-46-42-16-4-3-15-41(42)43-17-6-11-23-54(43)64(57(46)34-39)55-24-12-7-19-45(55)51-36-52-49-21-9-14-26-60(49)67-62(52)37-58(51)64/h3-37H,1-2H3. The summed E-state index contributed by atoms with van der Waals surface area (Å²) in [6.45, 7) is 4.72. The third-order valence-electron chi connectivity index (χ3n) is 15.5. The van der Waals surface area contributed by atoms with Gasteiger partial charge in [0.2, 0.25) is 0 Å². The van der Waals surface area contributed by atoms with Gasteiger partial charge in [0, 0.05) is 50.1 Å². The van der Waals surface area contributed by atoms with E-state index in [1.807, 2.05) is 6.07 Å². The Kier molecular flexibility index (Phi) is 7.22. The van der Waals surface area contributed by atoms with E-state index >= 15 is 0 Å². The van der Waals surface area contributed by atoms with Gasteiger partial charge >= 0.3 is 0 Å². The maximum Gasteiger partial charge on any atom is 0.137 e. The van der Waals surface area contributed by atoms with E-state index in [-0.39, 0.29) is 5.41 Å². The highest BCUT2D eigenvalue weighted by molar-refractivity contribution is 6.10. The number of anilines is 3. The smallest absolute Gasteiger partial charge is 0.137 e. The number of hydrogen-bond donors (Lipinski definition) is 0. The maximum atomic E-state index is 6.77. The normalized spacial score (nSPS) is 15.8. The van der Waals surface area contributed by atoms with Gasteiger partial charge in [0.05, 0.1) is 5.41 Å². The molecule has 0 saturated carbocycles. The van der Waals surface area contributed by atoms with E-state index in [0.29, 0.717) is 0 Å². The van der Waals surface area contributed by atoms with E-state index < -0.39 is 5.41 Å². The van der Waals surface area contributed by atoms with E-state index in [4.69, 9.17) is 8.83 Å². The maximum absolute atomic E-state index is 6.77. The Labute approximate surface area is 387 Å². The van der Waals surface area contributed by atoms with Crippen molar-refractivity contribution in [2.45, 2.75) is 24.7 Å². The summed E-state index contributed by atoms with van der Waals surface area (Å²) in [5.74, 6) is 0. The van der Waals surface area contributed by atoms with Crippen LogP contribution in [-0.2, 0) is 10.8 Å². The number of fused-ring (bicyclic) bond motifs is 21. The zero-order valence-electron chi connectivity index (χ0n) is 37.0. The highest BCUT2D eigenvalue weighted by Gasteiger charge is 2.50. The molecule has 0 saturated heterocycles. The van der Waals surface area contributed by atoms with E-state index in [1.165, 1.54) is 77.9 Å². The lowest BCUT2D eigenvalue weighted by molar-refractivity contribution is 0.660. The van der Waals surface area contributed by atoms with Gasteiger partial charge in [0.1, 0.15) is 22.3 Å². The third kappa shape index (κ3) is 4.80. The molecule has 0 fully saturated rings. The number of hydrogen-bond acceptors (Lipinski definition) is 3. The molecule has 2 aromatic heterocycles. The summed E-state index contributed by atoms with van der Waals surface area (Å²) in [7, 11) is 0. The predicted octanol–water partition coefficient (Wildman–Crippen LogP) is 17.3. The van der Waals surface area contributed by atoms with Crippen molar-refractivity contribution in [3.05, 3.63) is 246 Å². The Morgan fingerprint density at radius 1 is 0.284 bits per heavy atom. The van der Waals surface area contributed by atoms with E-state index in [2.05, 4.69) is 225 Å². The van der Waals surface area contributed by atoms with Crippen LogP contribution in [0.3, 0.4) is 0 Å². The first-order valence-electron chi connectivity index (χ1n) is 23.3. The lowest BCUT2D eigenvalue weighted by Gasteiger charge is -2.36. The van der Waals surface area contributed by atoms with Gasteiger partial charge < -0.3 is 13.7 Å². The van der Waals surface area contributed by atoms with Crippen molar-refractivity contribution in [3.63, 3.8) is 0 Å². The van der Waals surface area contributed by atoms with Crippen LogP contribution in [-0.4, -0.2) is 0 Å². The molecule has 3 aliphatic rings. The van der Waals surface area contributed by atoms with Crippen molar-refractivity contribution in [1.29, 1.82) is 0 Å². The predicted molar refractivity (Wildman–Crippen MR) is 275 cm³/mol. The van der Waals surface area contributed by atoms with Crippen molar-refractivity contribution in [2.75, 3.05) is 4.90 Å². The molecular weight excluding hydrogens is 815 g/mol. The fourth-order valence-electron chi connectivity index (χ4n) is 12.6. The minimum absolute atomic E-state index is 0.180. The average molecular weight is 856 g/mol. The molecule has 3 aliphatic carbocycles. The van der Waals surface area contributed by atoms with Crippen LogP contribution in [0.15, 0.2) is 221 Å². The number of nitrogens with zero attached hydrogens (tertiary/aromatic N) is 1. The molecule has 3 nitrogen and oxygen atoms in total. The molecule has 10 aromatic carbocycles. The van der Waals surface area contributed by atoms with Gasteiger partial charge in [0.25, 0.3) is 0 Å². The number of furan rings is 2. The first kappa shape index (κ1) is 36.9. The molecule has 1 unspecified atom stereocenters. The topological polar surface area (TPSA) is 29.5 Å². The van der Waals surface area contributed by atoms with Crippen LogP contribution in [0.25, 0.3) is 88.4 Å². The zero-order chi connectivity index (χ0) is 44.2. The van der Waals surface area contributed by atoms with Crippen LogP contribution in [0.1, 0.15) is 47.2 Å². The molecule has 15 rings (SSSR count). The van der Waals surface area contributed by atoms with E-state index in [1.54, 1.807) is 0 Å². The minimum atomic E-state index is -0.712. The molecule has 0 radical (unpaired) electrons. The molecule has 2 heterocycles. The van der Waals surface area contributed by atoms with Gasteiger partial charge in [-0.05, 0) is 139 Å². The monoisotopic (exact) mass is 855 g/mol. The van der Waals surface area contributed by atoms with Gasteiger partial charge in [-0.1, -0.05) is 159 Å². The lowest BCUT2D eigenvalue weighted by atomic mass is 9.65. The Morgan fingerprint density at radius 3 is 1.36 bits per heavy atom. The van der Waals surface area contributed by atoms with Crippen molar-refractivity contribution < 1.29 is 8.83 Å². The second-order valence-corrected chi connectivity index (χ2v) is 19.1. The number of para-hydroxylation sites is 2. The summed E-state index contributed by atoms with van der Waals surface area (Å²) in [5, 5.41) is 4.49. The van der Waals surface area contributed by atoms with Crippen molar-refractivity contribution in [2.24, 2.45) is 0 Å². The van der Waals surface area contributed by atoms with Gasteiger partial charge in [-0.15, -0.1) is 0 Å². The Balaban J connectivity index is 1.05. The largest absolute Gasteiger partial charge is 0.456 e. The Morgan fingerprint density at radius 2 is 0.701 bits per heavy atom.